The van der Waals surface area contributed by atoms with Crippen molar-refractivity contribution >= 4 is 5.91 Å². The lowest BCUT2D eigenvalue weighted by Gasteiger charge is -2.32. The summed E-state index contributed by atoms with van der Waals surface area (Å²) in [6, 6.07) is 5.67. The first-order valence-corrected chi connectivity index (χ1v) is 6.87. The molecule has 2 rings (SSSR count). The summed E-state index contributed by atoms with van der Waals surface area (Å²) >= 11 is 0. The van der Waals surface area contributed by atoms with Gasteiger partial charge in [0.2, 0.25) is 5.91 Å². The van der Waals surface area contributed by atoms with Crippen LogP contribution in [-0.2, 0) is 11.3 Å². The van der Waals surface area contributed by atoms with Crippen LogP contribution in [0, 0.1) is 11.8 Å². The second kappa shape index (κ2) is 7.11. The largest absolute Gasteiger partial charge is 0.497 e. The number of carbonyl (C=O) groups is 1. The molecule has 5 nitrogen and oxygen atoms in total. The highest BCUT2D eigenvalue weighted by Gasteiger charge is 2.21. The molecule has 1 N–H and O–H groups in total. The van der Waals surface area contributed by atoms with Crippen molar-refractivity contribution in [1.29, 1.82) is 0 Å². The summed E-state index contributed by atoms with van der Waals surface area (Å²) in [6.45, 7) is 2.47. The lowest BCUT2D eigenvalue weighted by molar-refractivity contribution is -0.134. The van der Waals surface area contributed by atoms with Crippen LogP contribution in [0.15, 0.2) is 18.2 Å². The van der Waals surface area contributed by atoms with Crippen molar-refractivity contribution in [1.82, 2.24) is 9.80 Å². The molecule has 1 saturated heterocycles. The van der Waals surface area contributed by atoms with E-state index in [1.54, 1.807) is 12.0 Å². The number of ether oxygens (including phenoxy) is 1. The van der Waals surface area contributed by atoms with Gasteiger partial charge < -0.3 is 14.7 Å². The van der Waals surface area contributed by atoms with Gasteiger partial charge in [0.25, 0.3) is 0 Å². The summed E-state index contributed by atoms with van der Waals surface area (Å²) in [5, 5.41) is 8.85. The van der Waals surface area contributed by atoms with Crippen molar-refractivity contribution < 1.29 is 14.6 Å². The Morgan fingerprint density at radius 3 is 2.86 bits per heavy atom. The van der Waals surface area contributed by atoms with Gasteiger partial charge >= 0.3 is 0 Å². The molecule has 1 amide bonds. The number of carbonyl (C=O) groups excluding carboxylic acids is 1. The number of piperazine rings is 1. The van der Waals surface area contributed by atoms with E-state index in [9.17, 15) is 4.79 Å². The summed E-state index contributed by atoms with van der Waals surface area (Å²) in [5.74, 6) is 6.51. The van der Waals surface area contributed by atoms with Gasteiger partial charge in [-0.05, 0) is 23.8 Å². The monoisotopic (exact) mass is 288 g/mol. The van der Waals surface area contributed by atoms with Gasteiger partial charge in [-0.2, -0.15) is 0 Å². The normalized spacial score (nSPS) is 15.6. The standard InChI is InChI=1S/C16H20N2O3/c1-17-7-8-18(12-16(17)20)11-14-10-15(21-2)6-5-13(14)4-3-9-19/h5-6,10,19H,7-9,11-12H2,1-2H3. The average molecular weight is 288 g/mol. The van der Waals surface area contributed by atoms with Crippen molar-refractivity contribution in [3.05, 3.63) is 29.3 Å². The van der Waals surface area contributed by atoms with E-state index >= 15 is 0 Å². The highest BCUT2D eigenvalue weighted by Crippen LogP contribution is 2.19. The molecule has 1 aliphatic rings. The van der Waals surface area contributed by atoms with E-state index in [2.05, 4.69) is 16.7 Å². The molecule has 1 aliphatic heterocycles. The minimum absolute atomic E-state index is 0.132. The third kappa shape index (κ3) is 3.97. The van der Waals surface area contributed by atoms with Crippen LogP contribution in [0.4, 0.5) is 0 Å². The summed E-state index contributed by atoms with van der Waals surface area (Å²) in [6.07, 6.45) is 0. The Bertz CT molecular complexity index is 575. The quantitative estimate of drug-likeness (QED) is 0.814. The van der Waals surface area contributed by atoms with E-state index in [0.717, 1.165) is 30.0 Å². The Kier molecular flexibility index (Phi) is 5.20. The van der Waals surface area contributed by atoms with Gasteiger partial charge in [-0.15, -0.1) is 0 Å². The highest BCUT2D eigenvalue weighted by atomic mass is 16.5. The van der Waals surface area contributed by atoms with Crippen LogP contribution < -0.4 is 4.74 Å². The Labute approximate surface area is 125 Å². The van der Waals surface area contributed by atoms with Gasteiger partial charge in [-0.25, -0.2) is 0 Å². The van der Waals surface area contributed by atoms with Gasteiger partial charge in [0.05, 0.1) is 13.7 Å². The zero-order valence-corrected chi connectivity index (χ0v) is 12.4. The molecule has 0 bridgehead atoms. The van der Waals surface area contributed by atoms with Crippen molar-refractivity contribution in [2.24, 2.45) is 0 Å². The van der Waals surface area contributed by atoms with Crippen molar-refractivity contribution in [2.75, 3.05) is 40.4 Å². The maximum atomic E-state index is 11.8. The number of amides is 1. The second-order valence-electron chi connectivity index (χ2n) is 5.01. The topological polar surface area (TPSA) is 53.0 Å². The summed E-state index contributed by atoms with van der Waals surface area (Å²) in [5.41, 5.74) is 1.86. The maximum Gasteiger partial charge on any atom is 0.236 e. The zero-order chi connectivity index (χ0) is 15.2. The summed E-state index contributed by atoms with van der Waals surface area (Å²) in [4.78, 5) is 15.6. The van der Waals surface area contributed by atoms with E-state index in [1.807, 2.05) is 25.2 Å². The molecular formula is C16H20N2O3. The zero-order valence-electron chi connectivity index (χ0n) is 12.4. The van der Waals surface area contributed by atoms with E-state index in [1.165, 1.54) is 0 Å². The minimum atomic E-state index is -0.168. The fourth-order valence-electron chi connectivity index (χ4n) is 2.27. The number of hydrogen-bond acceptors (Lipinski definition) is 4. The SMILES string of the molecule is COc1ccc(C#CCO)c(CN2CCN(C)C(=O)C2)c1. The predicted octanol–water partition coefficient (Wildman–Crippen LogP) is 0.313. The molecule has 0 saturated carbocycles. The van der Waals surface area contributed by atoms with E-state index < -0.39 is 0 Å². The lowest BCUT2D eigenvalue weighted by atomic mass is 10.1. The van der Waals surface area contributed by atoms with E-state index in [-0.39, 0.29) is 12.5 Å². The number of rotatable bonds is 3. The Hall–Kier alpha value is -2.03. The first-order valence-electron chi connectivity index (χ1n) is 6.87. The number of nitrogens with zero attached hydrogens (tertiary/aromatic N) is 2. The fourth-order valence-corrected chi connectivity index (χ4v) is 2.27. The van der Waals surface area contributed by atoms with Crippen molar-refractivity contribution in [3.63, 3.8) is 0 Å². The Morgan fingerprint density at radius 2 is 2.19 bits per heavy atom. The number of likely N-dealkylation sites (N-methyl/N-ethyl adjacent to an activating group) is 1. The predicted molar refractivity (Wildman–Crippen MR) is 79.9 cm³/mol. The number of aliphatic hydroxyl groups excluding tert-OH is 1. The average Bonchev–Trinajstić information content (AvgIpc) is 2.49. The third-order valence-corrected chi connectivity index (χ3v) is 3.54. The van der Waals surface area contributed by atoms with Gasteiger partial charge in [-0.1, -0.05) is 11.8 Å². The van der Waals surface area contributed by atoms with E-state index in [4.69, 9.17) is 9.84 Å². The molecule has 0 spiro atoms. The summed E-state index contributed by atoms with van der Waals surface area (Å²) < 4.78 is 5.25. The van der Waals surface area contributed by atoms with Crippen molar-refractivity contribution in [2.45, 2.75) is 6.54 Å². The second-order valence-corrected chi connectivity index (χ2v) is 5.01. The van der Waals surface area contributed by atoms with Crippen LogP contribution in [0.5, 0.6) is 5.75 Å². The molecule has 1 aromatic carbocycles. The molecule has 21 heavy (non-hydrogen) atoms. The van der Waals surface area contributed by atoms with Crippen LogP contribution in [0.25, 0.3) is 0 Å². The lowest BCUT2D eigenvalue weighted by Crippen LogP contribution is -2.48. The number of aliphatic hydroxyl groups is 1. The number of methoxy groups -OCH3 is 1. The molecule has 112 valence electrons. The van der Waals surface area contributed by atoms with Gasteiger partial charge in [0, 0.05) is 32.2 Å². The molecule has 1 heterocycles. The first-order chi connectivity index (χ1) is 10.1. The van der Waals surface area contributed by atoms with Crippen LogP contribution >= 0.6 is 0 Å². The molecule has 0 unspecified atom stereocenters. The third-order valence-electron chi connectivity index (χ3n) is 3.54. The first kappa shape index (κ1) is 15.4. The molecule has 5 heteroatoms. The van der Waals surface area contributed by atoms with Gasteiger partial charge in [-0.3, -0.25) is 9.69 Å². The fraction of sp³-hybridized carbons (Fsp3) is 0.438. The van der Waals surface area contributed by atoms with Gasteiger partial charge in [0.15, 0.2) is 0 Å². The molecule has 1 fully saturated rings. The number of benzene rings is 1. The molecule has 0 aromatic heterocycles. The van der Waals surface area contributed by atoms with Crippen molar-refractivity contribution in [3.8, 4) is 17.6 Å². The summed E-state index contributed by atoms with van der Waals surface area (Å²) in [7, 11) is 3.45. The smallest absolute Gasteiger partial charge is 0.236 e. The molecule has 0 radical (unpaired) electrons. The number of hydrogen-bond donors (Lipinski definition) is 1. The van der Waals surface area contributed by atoms with Crippen LogP contribution in [0.3, 0.4) is 0 Å². The minimum Gasteiger partial charge on any atom is -0.497 e. The Balaban J connectivity index is 2.18. The van der Waals surface area contributed by atoms with E-state index in [0.29, 0.717) is 13.1 Å². The Morgan fingerprint density at radius 1 is 1.38 bits per heavy atom. The molecule has 1 aromatic rings. The molecule has 0 atom stereocenters. The molecule has 0 aliphatic carbocycles. The van der Waals surface area contributed by atoms with Crippen LogP contribution in [0.1, 0.15) is 11.1 Å². The maximum absolute atomic E-state index is 11.8. The molecular weight excluding hydrogens is 268 g/mol. The van der Waals surface area contributed by atoms with Crippen LogP contribution in [0.2, 0.25) is 0 Å². The highest BCUT2D eigenvalue weighted by molar-refractivity contribution is 5.78. The van der Waals surface area contributed by atoms with Gasteiger partial charge in [0.1, 0.15) is 12.4 Å². The van der Waals surface area contributed by atoms with Crippen LogP contribution in [-0.4, -0.2) is 61.2 Å².